The SMILES string of the molecule is CC(C)NC(=O)NC1CC2(C1)C(=O)N(Cc1nc3cc(Cl)ccc3n1CCCC#N)c1ccccc12.CC(C)NC(=O)NC1CC2(C1)C(=O)N(Cc1nc3cc(Cl)ccc3n1CCCC#N)c1cnccc12. The molecule has 4 N–H and O–H groups in total. The molecule has 0 radical (unpaired) electrons. The lowest BCUT2D eigenvalue weighted by Gasteiger charge is -2.44. The first-order chi connectivity index (χ1) is 34.6. The van der Waals surface area contributed by atoms with Crippen molar-refractivity contribution in [1.29, 1.82) is 10.5 Å². The zero-order valence-corrected chi connectivity index (χ0v) is 42.2. The van der Waals surface area contributed by atoms with Gasteiger partial charge in [-0.25, -0.2) is 19.6 Å². The number of nitrogens with one attached hydrogen (secondary N) is 4. The number of aromatic nitrogens is 5. The van der Waals surface area contributed by atoms with E-state index < -0.39 is 10.8 Å². The highest BCUT2D eigenvalue weighted by molar-refractivity contribution is 6.31. The molecule has 10 rings (SSSR count). The second kappa shape index (κ2) is 20.5. The first-order valence-corrected chi connectivity index (χ1v) is 25.3. The molecule has 4 aliphatic rings. The Morgan fingerprint density at radius 2 is 1.14 bits per heavy atom. The van der Waals surface area contributed by atoms with Gasteiger partial charge in [0.15, 0.2) is 0 Å². The van der Waals surface area contributed by atoms with Gasteiger partial charge >= 0.3 is 12.1 Å². The second-order valence-electron chi connectivity index (χ2n) is 19.8. The lowest BCUT2D eigenvalue weighted by molar-refractivity contribution is -0.127. The average Bonchev–Trinajstić information content (AvgIpc) is 3.98. The van der Waals surface area contributed by atoms with Gasteiger partial charge in [-0.1, -0.05) is 41.4 Å². The maximum absolute atomic E-state index is 13.9. The lowest BCUT2D eigenvalue weighted by atomic mass is 9.62. The maximum atomic E-state index is 13.9. The molecular weight excluding hydrogens is 954 g/mol. The molecule has 2 spiro atoms. The van der Waals surface area contributed by atoms with Crippen molar-refractivity contribution in [3.8, 4) is 12.1 Å². The normalized spacial score (nSPS) is 20.5. The summed E-state index contributed by atoms with van der Waals surface area (Å²) in [6, 6.07) is 24.9. The van der Waals surface area contributed by atoms with Gasteiger partial charge < -0.3 is 40.2 Å². The number of rotatable bonds is 14. The van der Waals surface area contributed by atoms with Gasteiger partial charge in [-0.15, -0.1) is 0 Å². The fourth-order valence-electron chi connectivity index (χ4n) is 10.9. The van der Waals surface area contributed by atoms with Crippen LogP contribution in [0.25, 0.3) is 22.1 Å². The smallest absolute Gasteiger partial charge is 0.315 e. The van der Waals surface area contributed by atoms with Crippen LogP contribution in [0.2, 0.25) is 10.0 Å². The highest BCUT2D eigenvalue weighted by Crippen LogP contribution is 2.55. The van der Waals surface area contributed by atoms with Crippen molar-refractivity contribution in [3.63, 3.8) is 0 Å². The van der Waals surface area contributed by atoms with E-state index in [0.29, 0.717) is 81.0 Å². The molecule has 0 atom stereocenters. The average molecular weight is 1010 g/mol. The van der Waals surface area contributed by atoms with E-state index in [1.165, 1.54) is 0 Å². The molecule has 372 valence electrons. The van der Waals surface area contributed by atoms with E-state index in [4.69, 9.17) is 43.7 Å². The van der Waals surface area contributed by atoms with Crippen LogP contribution in [-0.2, 0) is 46.6 Å². The van der Waals surface area contributed by atoms with E-state index in [1.807, 2.05) is 99.3 Å². The molecule has 2 aliphatic carbocycles. The van der Waals surface area contributed by atoms with E-state index in [-0.39, 0.29) is 54.6 Å². The van der Waals surface area contributed by atoms with Crippen LogP contribution in [0.1, 0.15) is 102 Å². The number of nitriles is 2. The number of carbonyl (C=O) groups is 4. The molecule has 0 bridgehead atoms. The third kappa shape index (κ3) is 9.51. The Balaban J connectivity index is 0.000000178. The van der Waals surface area contributed by atoms with Gasteiger partial charge in [0.25, 0.3) is 0 Å². The fourth-order valence-corrected chi connectivity index (χ4v) is 11.2. The molecule has 0 saturated heterocycles. The van der Waals surface area contributed by atoms with Crippen molar-refractivity contribution in [3.05, 3.63) is 112 Å². The number of hydrogen-bond acceptors (Lipinski definition) is 9. The number of imidazole rings is 2. The number of unbranched alkanes of at least 4 members (excludes halogenated alkanes) is 2. The van der Waals surface area contributed by atoms with Crippen molar-refractivity contribution in [2.75, 3.05) is 9.80 Å². The van der Waals surface area contributed by atoms with Crippen LogP contribution in [0.5, 0.6) is 0 Å². The summed E-state index contributed by atoms with van der Waals surface area (Å²) in [7, 11) is 0. The highest BCUT2D eigenvalue weighted by Gasteiger charge is 2.60. The maximum Gasteiger partial charge on any atom is 0.315 e. The number of fused-ring (bicyclic) bond motifs is 6. The van der Waals surface area contributed by atoms with E-state index in [9.17, 15) is 19.2 Å². The summed E-state index contributed by atoms with van der Waals surface area (Å²) >= 11 is 12.4. The zero-order valence-electron chi connectivity index (χ0n) is 40.7. The van der Waals surface area contributed by atoms with Crippen LogP contribution in [0.15, 0.2) is 79.1 Å². The van der Waals surface area contributed by atoms with Gasteiger partial charge in [0.2, 0.25) is 11.8 Å². The minimum Gasteiger partial charge on any atom is -0.336 e. The van der Waals surface area contributed by atoms with Crippen LogP contribution in [0, 0.1) is 22.7 Å². The van der Waals surface area contributed by atoms with Crippen LogP contribution in [-0.4, -0.2) is 72.1 Å². The second-order valence-corrected chi connectivity index (χ2v) is 20.6. The van der Waals surface area contributed by atoms with Crippen molar-refractivity contribution >= 4 is 80.5 Å². The number of hydrogen-bond donors (Lipinski definition) is 4. The number of carbonyl (C=O) groups excluding carboxylic acids is 4. The molecule has 6 aromatic rings. The minimum atomic E-state index is -0.672. The largest absolute Gasteiger partial charge is 0.336 e. The molecular formula is C53H57Cl2N13O4. The Hall–Kier alpha value is -7.21. The van der Waals surface area contributed by atoms with Crippen LogP contribution in [0.4, 0.5) is 21.0 Å². The molecule has 17 nitrogen and oxygen atoms in total. The molecule has 2 aliphatic heterocycles. The quantitative estimate of drug-likeness (QED) is 0.0766. The zero-order chi connectivity index (χ0) is 50.9. The van der Waals surface area contributed by atoms with Gasteiger partial charge in [0.1, 0.15) is 11.6 Å². The molecule has 3 aromatic carbocycles. The van der Waals surface area contributed by atoms with E-state index in [1.54, 1.807) is 17.3 Å². The van der Waals surface area contributed by atoms with Gasteiger partial charge in [0.05, 0.1) is 70.0 Å². The Morgan fingerprint density at radius 3 is 1.61 bits per heavy atom. The van der Waals surface area contributed by atoms with Gasteiger partial charge in [-0.05, 0) is 126 Å². The summed E-state index contributed by atoms with van der Waals surface area (Å²) in [6.07, 6.45) is 7.91. The molecule has 3 aromatic heterocycles. The predicted molar refractivity (Wildman–Crippen MR) is 275 cm³/mol. The number of nitrogens with zero attached hydrogens (tertiary/aromatic N) is 9. The Kier molecular flexibility index (Phi) is 14.2. The molecule has 2 fully saturated rings. The number of para-hydroxylation sites is 1. The number of anilines is 2. The third-order valence-electron chi connectivity index (χ3n) is 14.0. The monoisotopic (exact) mass is 1010 g/mol. The van der Waals surface area contributed by atoms with Gasteiger partial charge in [-0.3, -0.25) is 14.6 Å². The summed E-state index contributed by atoms with van der Waals surface area (Å²) in [5.41, 5.74) is 5.70. The van der Waals surface area contributed by atoms with Gasteiger partial charge in [0, 0.05) is 72.0 Å². The number of amides is 6. The van der Waals surface area contributed by atoms with E-state index in [0.717, 1.165) is 56.2 Å². The molecule has 5 heterocycles. The standard InChI is InChI=1S/C27H29ClN6O2.C26H28ClN7O2/c1-17(2)30-26(36)31-19-14-27(15-19)20-7-3-4-8-22(20)34(25(27)35)16-24-32-21-13-18(28)9-10-23(21)33(24)12-6-5-11-29;1-16(2)30-25(36)31-18-12-26(13-18)19-7-9-29-14-22(19)34(24(26)35)15-23-32-20-11-17(27)5-6-21(20)33(23)10-4-3-8-28/h3-4,7-10,13,17,19H,5-6,12,14-16H2,1-2H3,(H2,30,31,36);5-7,9,11,14,16,18H,3-4,10,12-13,15H2,1-2H3,(H2,30,31,36). The first kappa shape index (κ1) is 49.8. The summed E-state index contributed by atoms with van der Waals surface area (Å²) < 4.78 is 4.16. The van der Waals surface area contributed by atoms with E-state index >= 15 is 0 Å². The number of urea groups is 2. The van der Waals surface area contributed by atoms with Crippen LogP contribution in [0.3, 0.4) is 0 Å². The Morgan fingerprint density at radius 1 is 0.681 bits per heavy atom. The third-order valence-corrected chi connectivity index (χ3v) is 14.5. The molecule has 6 amide bonds. The first-order valence-electron chi connectivity index (χ1n) is 24.5. The number of benzene rings is 3. The fraction of sp³-hybridized carbons (Fsp3) is 0.415. The highest BCUT2D eigenvalue weighted by atomic mass is 35.5. The summed E-state index contributed by atoms with van der Waals surface area (Å²) in [5.74, 6) is 1.53. The summed E-state index contributed by atoms with van der Waals surface area (Å²) in [4.78, 5) is 69.7. The minimum absolute atomic E-state index is 0.00137. The molecule has 19 heteroatoms. The van der Waals surface area contributed by atoms with Crippen molar-refractivity contribution in [2.45, 2.75) is 140 Å². The number of aryl methyl sites for hydroxylation is 2. The number of pyridine rings is 1. The predicted octanol–water partition coefficient (Wildman–Crippen LogP) is 8.69. The Labute approximate surface area is 427 Å². The van der Waals surface area contributed by atoms with Crippen molar-refractivity contribution in [2.24, 2.45) is 0 Å². The molecule has 0 unspecified atom stereocenters. The van der Waals surface area contributed by atoms with Crippen LogP contribution < -0.4 is 31.1 Å². The van der Waals surface area contributed by atoms with E-state index in [2.05, 4.69) is 47.5 Å². The Bertz CT molecular complexity index is 2950. The topological polar surface area (TPSA) is 219 Å². The van der Waals surface area contributed by atoms with Crippen molar-refractivity contribution < 1.29 is 19.2 Å². The summed E-state index contributed by atoms with van der Waals surface area (Å²) in [6.45, 7) is 9.50. The number of halogens is 2. The molecule has 72 heavy (non-hydrogen) atoms. The van der Waals surface area contributed by atoms with Crippen molar-refractivity contribution in [1.82, 2.24) is 45.4 Å². The lowest BCUT2D eigenvalue weighted by Crippen LogP contribution is -2.59. The summed E-state index contributed by atoms with van der Waals surface area (Å²) in [5, 5.41) is 30.9. The van der Waals surface area contributed by atoms with Crippen LogP contribution >= 0.6 is 23.2 Å². The molecule has 2 saturated carbocycles. The van der Waals surface area contributed by atoms with Gasteiger partial charge in [-0.2, -0.15) is 10.5 Å².